The second-order valence-electron chi connectivity index (χ2n) is 4.00. The summed E-state index contributed by atoms with van der Waals surface area (Å²) in [6.07, 6.45) is 0. The van der Waals surface area contributed by atoms with Crippen molar-refractivity contribution in [3.05, 3.63) is 71.3 Å². The van der Waals surface area contributed by atoms with E-state index in [-0.39, 0.29) is 0 Å². The van der Waals surface area contributed by atoms with Crippen molar-refractivity contribution in [1.82, 2.24) is 0 Å². The molecule has 0 saturated carbocycles. The molecule has 0 saturated heterocycles. The number of hydrogen-bond donors (Lipinski definition) is 1. The molecule has 0 aromatic heterocycles. The molecule has 0 spiro atoms. The molecule has 2 nitrogen and oxygen atoms in total. The highest BCUT2D eigenvalue weighted by molar-refractivity contribution is 5.21. The van der Waals surface area contributed by atoms with Crippen LogP contribution in [0.2, 0.25) is 0 Å². The van der Waals surface area contributed by atoms with Gasteiger partial charge in [0.15, 0.2) is 0 Å². The lowest BCUT2D eigenvalue weighted by Crippen LogP contribution is -1.97. The van der Waals surface area contributed by atoms with E-state index in [1.54, 1.807) is 0 Å². The van der Waals surface area contributed by atoms with Gasteiger partial charge in [0.2, 0.25) is 0 Å². The Morgan fingerprint density at radius 1 is 0.706 bits per heavy atom. The average molecular weight is 227 g/mol. The van der Waals surface area contributed by atoms with Gasteiger partial charge in [-0.3, -0.25) is 0 Å². The predicted octanol–water partition coefficient (Wildman–Crippen LogP) is 2.86. The van der Waals surface area contributed by atoms with E-state index >= 15 is 0 Å². The Hall–Kier alpha value is -1.64. The topological polar surface area (TPSA) is 35.2 Å². The summed E-state index contributed by atoms with van der Waals surface area (Å²) in [5, 5.41) is 0. The first kappa shape index (κ1) is 11.8. The van der Waals surface area contributed by atoms with Crippen molar-refractivity contribution in [2.75, 3.05) is 0 Å². The van der Waals surface area contributed by atoms with Crippen LogP contribution >= 0.6 is 0 Å². The summed E-state index contributed by atoms with van der Waals surface area (Å²) in [6, 6.07) is 18.4. The minimum atomic E-state index is 0.588. The monoisotopic (exact) mass is 227 g/mol. The molecule has 0 fully saturated rings. The summed E-state index contributed by atoms with van der Waals surface area (Å²) in [5.41, 5.74) is 9.07. The fourth-order valence-electron chi connectivity index (χ4n) is 1.63. The summed E-state index contributed by atoms with van der Waals surface area (Å²) >= 11 is 0. The van der Waals surface area contributed by atoms with Crippen molar-refractivity contribution < 1.29 is 4.74 Å². The smallest absolute Gasteiger partial charge is 0.0721 e. The molecule has 2 rings (SSSR count). The fraction of sp³-hybridized carbons (Fsp3) is 0.200. The van der Waals surface area contributed by atoms with Gasteiger partial charge in [0.05, 0.1) is 13.2 Å². The highest BCUT2D eigenvalue weighted by atomic mass is 16.5. The summed E-state index contributed by atoms with van der Waals surface area (Å²) in [7, 11) is 0. The van der Waals surface area contributed by atoms with Crippen LogP contribution < -0.4 is 5.73 Å². The maximum atomic E-state index is 5.65. The molecule has 2 aromatic carbocycles. The number of nitrogens with two attached hydrogens (primary N) is 1. The van der Waals surface area contributed by atoms with Gasteiger partial charge in [-0.25, -0.2) is 0 Å². The van der Waals surface area contributed by atoms with Crippen LogP contribution in [0.3, 0.4) is 0 Å². The van der Waals surface area contributed by atoms with Gasteiger partial charge in [-0.15, -0.1) is 0 Å². The first-order valence-electron chi connectivity index (χ1n) is 5.78. The third-order valence-electron chi connectivity index (χ3n) is 2.64. The Morgan fingerprint density at radius 2 is 1.24 bits per heavy atom. The van der Waals surface area contributed by atoms with Crippen molar-refractivity contribution in [1.29, 1.82) is 0 Å². The molecule has 0 amide bonds. The van der Waals surface area contributed by atoms with Gasteiger partial charge in [0.1, 0.15) is 0 Å². The summed E-state index contributed by atoms with van der Waals surface area (Å²) in [5.74, 6) is 0. The van der Waals surface area contributed by atoms with Crippen molar-refractivity contribution >= 4 is 0 Å². The summed E-state index contributed by atoms with van der Waals surface area (Å²) < 4.78 is 5.65. The molecule has 0 aliphatic heterocycles. The van der Waals surface area contributed by atoms with Crippen molar-refractivity contribution in [2.24, 2.45) is 5.73 Å². The first-order chi connectivity index (χ1) is 8.38. The number of benzene rings is 2. The number of hydrogen-bond acceptors (Lipinski definition) is 2. The number of rotatable bonds is 5. The van der Waals surface area contributed by atoms with Crippen LogP contribution in [0.5, 0.6) is 0 Å². The van der Waals surface area contributed by atoms with E-state index in [4.69, 9.17) is 10.5 Å². The van der Waals surface area contributed by atoms with Crippen LogP contribution in [0.4, 0.5) is 0 Å². The van der Waals surface area contributed by atoms with Gasteiger partial charge < -0.3 is 10.5 Å². The molecule has 0 heterocycles. The van der Waals surface area contributed by atoms with E-state index in [0.29, 0.717) is 19.8 Å². The van der Waals surface area contributed by atoms with Crippen LogP contribution in [0.15, 0.2) is 54.6 Å². The van der Waals surface area contributed by atoms with Gasteiger partial charge in [-0.2, -0.15) is 0 Å². The lowest BCUT2D eigenvalue weighted by atomic mass is 10.1. The molecule has 0 radical (unpaired) electrons. The molecule has 0 bridgehead atoms. The molecule has 0 aliphatic rings. The zero-order valence-corrected chi connectivity index (χ0v) is 9.80. The minimum absolute atomic E-state index is 0.588. The Morgan fingerprint density at radius 3 is 1.82 bits per heavy atom. The maximum Gasteiger partial charge on any atom is 0.0721 e. The molecule has 2 N–H and O–H groups in total. The summed E-state index contributed by atoms with van der Waals surface area (Å²) in [6.45, 7) is 1.88. The zero-order chi connectivity index (χ0) is 11.9. The van der Waals surface area contributed by atoms with Crippen molar-refractivity contribution in [3.63, 3.8) is 0 Å². The van der Waals surface area contributed by atoms with Crippen LogP contribution in [0.25, 0.3) is 0 Å². The van der Waals surface area contributed by atoms with Crippen LogP contribution in [0, 0.1) is 0 Å². The van der Waals surface area contributed by atoms with Gasteiger partial charge in [0, 0.05) is 6.54 Å². The van der Waals surface area contributed by atoms with Crippen LogP contribution in [0.1, 0.15) is 16.7 Å². The molecule has 0 atom stereocenters. The van der Waals surface area contributed by atoms with Crippen molar-refractivity contribution in [2.45, 2.75) is 19.8 Å². The van der Waals surface area contributed by atoms with Crippen LogP contribution in [-0.2, 0) is 24.5 Å². The predicted molar refractivity (Wildman–Crippen MR) is 69.3 cm³/mol. The Balaban J connectivity index is 1.82. The standard InChI is InChI=1S/C15H17NO/c16-10-13-6-8-15(9-7-13)12-17-11-14-4-2-1-3-5-14/h1-9H,10-12,16H2. The quantitative estimate of drug-likeness (QED) is 0.852. The van der Waals surface area contributed by atoms with E-state index in [0.717, 1.165) is 5.56 Å². The average Bonchev–Trinajstić information content (AvgIpc) is 2.41. The van der Waals surface area contributed by atoms with Gasteiger partial charge in [-0.05, 0) is 16.7 Å². The van der Waals surface area contributed by atoms with Gasteiger partial charge in [0.25, 0.3) is 0 Å². The molecular formula is C15H17NO. The molecule has 0 aliphatic carbocycles. The lowest BCUT2D eigenvalue weighted by molar-refractivity contribution is 0.107. The largest absolute Gasteiger partial charge is 0.372 e. The highest BCUT2D eigenvalue weighted by Gasteiger charge is 1.95. The van der Waals surface area contributed by atoms with E-state index < -0.39 is 0 Å². The Labute approximate surface area is 102 Å². The van der Waals surface area contributed by atoms with Gasteiger partial charge >= 0.3 is 0 Å². The van der Waals surface area contributed by atoms with Gasteiger partial charge in [-0.1, -0.05) is 54.6 Å². The second-order valence-corrected chi connectivity index (χ2v) is 4.00. The van der Waals surface area contributed by atoms with E-state index in [2.05, 4.69) is 24.3 Å². The van der Waals surface area contributed by atoms with E-state index in [9.17, 15) is 0 Å². The number of ether oxygens (including phenoxy) is 1. The van der Waals surface area contributed by atoms with E-state index in [1.807, 2.05) is 30.3 Å². The SMILES string of the molecule is NCc1ccc(COCc2ccccc2)cc1. The normalized spacial score (nSPS) is 10.4. The Bertz CT molecular complexity index is 436. The second kappa shape index (κ2) is 6.18. The molecule has 17 heavy (non-hydrogen) atoms. The van der Waals surface area contributed by atoms with Crippen LogP contribution in [-0.4, -0.2) is 0 Å². The Kier molecular flexibility index (Phi) is 4.30. The fourth-order valence-corrected chi connectivity index (χ4v) is 1.63. The molecule has 2 heteroatoms. The highest BCUT2D eigenvalue weighted by Crippen LogP contribution is 2.07. The lowest BCUT2D eigenvalue weighted by Gasteiger charge is -2.05. The van der Waals surface area contributed by atoms with E-state index in [1.165, 1.54) is 11.1 Å². The molecule has 88 valence electrons. The molecule has 2 aromatic rings. The first-order valence-corrected chi connectivity index (χ1v) is 5.78. The molecular weight excluding hydrogens is 210 g/mol. The minimum Gasteiger partial charge on any atom is -0.372 e. The zero-order valence-electron chi connectivity index (χ0n) is 9.80. The molecule has 0 unspecified atom stereocenters. The maximum absolute atomic E-state index is 5.65. The third kappa shape index (κ3) is 3.70. The van der Waals surface area contributed by atoms with Crippen molar-refractivity contribution in [3.8, 4) is 0 Å². The third-order valence-corrected chi connectivity index (χ3v) is 2.64. The summed E-state index contributed by atoms with van der Waals surface area (Å²) in [4.78, 5) is 0.